The van der Waals surface area contributed by atoms with E-state index in [4.69, 9.17) is 4.74 Å². The van der Waals surface area contributed by atoms with Gasteiger partial charge in [0.25, 0.3) is 0 Å². The van der Waals surface area contributed by atoms with Crippen molar-refractivity contribution in [1.82, 2.24) is 10.3 Å². The van der Waals surface area contributed by atoms with Crippen molar-refractivity contribution in [3.63, 3.8) is 0 Å². The molecule has 0 aliphatic rings. The summed E-state index contributed by atoms with van der Waals surface area (Å²) in [6.07, 6.45) is 2.78. The minimum absolute atomic E-state index is 0.175. The second-order valence-corrected chi connectivity index (χ2v) is 4.84. The Balaban J connectivity index is 2.39. The van der Waals surface area contributed by atoms with Gasteiger partial charge in [0.2, 0.25) is 5.91 Å². The van der Waals surface area contributed by atoms with Crippen LogP contribution in [0.3, 0.4) is 0 Å². The van der Waals surface area contributed by atoms with Gasteiger partial charge in [-0.2, -0.15) is 0 Å². The molecule has 0 radical (unpaired) electrons. The summed E-state index contributed by atoms with van der Waals surface area (Å²) in [7, 11) is 1.22. The summed E-state index contributed by atoms with van der Waals surface area (Å²) in [5, 5.41) is 11.2. The van der Waals surface area contributed by atoms with Crippen molar-refractivity contribution in [3.8, 4) is 11.5 Å². The number of hydrogen-bond acceptors (Lipinski definition) is 5. The molecule has 9 heteroatoms. The summed E-state index contributed by atoms with van der Waals surface area (Å²) in [5.41, 5.74) is -0.849. The summed E-state index contributed by atoms with van der Waals surface area (Å²) in [6, 6.07) is 2.95. The zero-order chi connectivity index (χ0) is 18.4. The summed E-state index contributed by atoms with van der Waals surface area (Å²) in [5.74, 6) is -5.09. The second-order valence-electron chi connectivity index (χ2n) is 4.84. The highest BCUT2D eigenvalue weighted by Crippen LogP contribution is 2.31. The van der Waals surface area contributed by atoms with E-state index in [-0.39, 0.29) is 5.75 Å². The first-order chi connectivity index (χ1) is 11.9. The number of carboxylic acids is 1. The number of rotatable bonds is 7. The van der Waals surface area contributed by atoms with Gasteiger partial charge in [0.05, 0.1) is 11.8 Å². The highest BCUT2D eigenvalue weighted by Gasteiger charge is 2.30. The molecule has 7 nitrogen and oxygen atoms in total. The molecule has 0 spiro atoms. The molecule has 2 aromatic rings. The molecule has 1 aromatic carbocycles. The number of amides is 1. The summed E-state index contributed by atoms with van der Waals surface area (Å²) < 4.78 is 38.5. The van der Waals surface area contributed by atoms with E-state index in [1.165, 1.54) is 25.6 Å². The van der Waals surface area contributed by atoms with Crippen LogP contribution in [0.5, 0.6) is 11.5 Å². The van der Waals surface area contributed by atoms with E-state index in [9.17, 15) is 23.5 Å². The number of aliphatic carboxylic acids is 1. The van der Waals surface area contributed by atoms with E-state index in [0.29, 0.717) is 0 Å². The predicted octanol–water partition coefficient (Wildman–Crippen LogP) is 2.04. The maximum absolute atomic E-state index is 14.6. The van der Waals surface area contributed by atoms with Crippen molar-refractivity contribution < 1.29 is 33.0 Å². The number of aromatic nitrogens is 1. The van der Waals surface area contributed by atoms with E-state index >= 15 is 0 Å². The fraction of sp³-hybridized carbons (Fsp3) is 0.188. The highest BCUT2D eigenvalue weighted by molar-refractivity contribution is 5.85. The Labute approximate surface area is 141 Å². The lowest BCUT2D eigenvalue weighted by atomic mass is 10.0. The van der Waals surface area contributed by atoms with E-state index in [1.807, 2.05) is 5.32 Å². The van der Waals surface area contributed by atoms with Crippen LogP contribution in [0.25, 0.3) is 0 Å². The molecule has 1 atom stereocenters. The average molecular weight is 352 g/mol. The molecule has 0 fully saturated rings. The fourth-order valence-electron chi connectivity index (χ4n) is 2.02. The zero-order valence-electron chi connectivity index (χ0n) is 13.0. The molecule has 1 amide bonds. The van der Waals surface area contributed by atoms with Gasteiger partial charge >= 0.3 is 5.97 Å². The molecule has 0 saturated heterocycles. The van der Waals surface area contributed by atoms with Gasteiger partial charge in [-0.15, -0.1) is 0 Å². The lowest BCUT2D eigenvalue weighted by molar-refractivity contribution is -0.142. The number of ether oxygens (including phenoxy) is 2. The van der Waals surface area contributed by atoms with E-state index in [2.05, 4.69) is 9.72 Å². The lowest BCUT2D eigenvalue weighted by Gasteiger charge is -2.18. The molecule has 0 aliphatic carbocycles. The summed E-state index contributed by atoms with van der Waals surface area (Å²) in [6.45, 7) is -0.459. The molecule has 0 aliphatic heterocycles. The first-order valence-electron chi connectivity index (χ1n) is 7.01. The smallest absolute Gasteiger partial charge is 0.331 e. The summed E-state index contributed by atoms with van der Waals surface area (Å²) >= 11 is 0. The molecule has 0 bridgehead atoms. The Morgan fingerprint density at radius 2 is 2.08 bits per heavy atom. The highest BCUT2D eigenvalue weighted by atomic mass is 19.1. The molecule has 0 saturated carbocycles. The van der Waals surface area contributed by atoms with Gasteiger partial charge in [0, 0.05) is 13.3 Å². The number of hydrogen-bond donors (Lipinski definition) is 2. The number of carbonyl (C=O) groups excluding carboxylic acids is 1. The molecule has 1 unspecified atom stereocenters. The van der Waals surface area contributed by atoms with Crippen molar-refractivity contribution in [2.45, 2.75) is 6.04 Å². The third-order valence-corrected chi connectivity index (χ3v) is 3.07. The molecule has 2 rings (SSSR count). The van der Waals surface area contributed by atoms with Crippen molar-refractivity contribution in [1.29, 1.82) is 0 Å². The van der Waals surface area contributed by atoms with E-state index in [0.717, 1.165) is 12.1 Å². The van der Waals surface area contributed by atoms with Gasteiger partial charge in [0.15, 0.2) is 17.6 Å². The van der Waals surface area contributed by atoms with Crippen LogP contribution < -0.4 is 10.1 Å². The number of nitrogens with zero attached hydrogens (tertiary/aromatic N) is 1. The predicted molar refractivity (Wildman–Crippen MR) is 81.1 cm³/mol. The molecular formula is C16H14F2N2O5. The SMILES string of the molecule is COCC(=O)NC(C(=O)O)c1c(F)ccc(Oc2cccnc2)c1F. The largest absolute Gasteiger partial charge is 0.479 e. The van der Waals surface area contributed by atoms with Crippen molar-refractivity contribution >= 4 is 11.9 Å². The van der Waals surface area contributed by atoms with Crippen molar-refractivity contribution in [3.05, 3.63) is 53.9 Å². The Morgan fingerprint density at radius 1 is 1.32 bits per heavy atom. The van der Waals surface area contributed by atoms with Crippen molar-refractivity contribution in [2.75, 3.05) is 13.7 Å². The average Bonchev–Trinajstić information content (AvgIpc) is 2.57. The number of carboxylic acid groups (broad SMARTS) is 1. The van der Waals surface area contributed by atoms with Gasteiger partial charge in [-0.05, 0) is 24.3 Å². The third-order valence-electron chi connectivity index (χ3n) is 3.07. The minimum atomic E-state index is -1.94. The molecular weight excluding hydrogens is 338 g/mol. The number of nitrogens with one attached hydrogen (secondary N) is 1. The Bertz CT molecular complexity index is 771. The molecule has 25 heavy (non-hydrogen) atoms. The van der Waals surface area contributed by atoms with Crippen LogP contribution in [-0.4, -0.2) is 35.7 Å². The van der Waals surface area contributed by atoms with Crippen LogP contribution in [-0.2, 0) is 14.3 Å². The van der Waals surface area contributed by atoms with Gasteiger partial charge in [-0.3, -0.25) is 9.78 Å². The van der Waals surface area contributed by atoms with E-state index < -0.39 is 47.5 Å². The van der Waals surface area contributed by atoms with Gasteiger partial charge < -0.3 is 19.9 Å². The maximum atomic E-state index is 14.6. The topological polar surface area (TPSA) is 97.8 Å². The number of halogens is 2. The first-order valence-corrected chi connectivity index (χ1v) is 7.01. The number of benzene rings is 1. The summed E-state index contributed by atoms with van der Waals surface area (Å²) in [4.78, 5) is 26.7. The van der Waals surface area contributed by atoms with E-state index in [1.54, 1.807) is 6.07 Å². The Kier molecular flexibility index (Phi) is 5.96. The minimum Gasteiger partial charge on any atom is -0.479 e. The Hall–Kier alpha value is -3.07. The van der Waals surface area contributed by atoms with Crippen LogP contribution >= 0.6 is 0 Å². The molecule has 1 aromatic heterocycles. The molecule has 132 valence electrons. The maximum Gasteiger partial charge on any atom is 0.331 e. The van der Waals surface area contributed by atoms with Crippen LogP contribution in [0.4, 0.5) is 8.78 Å². The number of pyridine rings is 1. The Morgan fingerprint density at radius 3 is 2.68 bits per heavy atom. The fourth-order valence-corrected chi connectivity index (χ4v) is 2.02. The normalized spacial score (nSPS) is 11.6. The van der Waals surface area contributed by atoms with Crippen LogP contribution in [0.1, 0.15) is 11.6 Å². The van der Waals surface area contributed by atoms with Crippen LogP contribution in [0.15, 0.2) is 36.7 Å². The molecule has 1 heterocycles. The second kappa shape index (κ2) is 8.15. The molecule has 2 N–H and O–H groups in total. The van der Waals surface area contributed by atoms with Crippen LogP contribution in [0, 0.1) is 11.6 Å². The standard InChI is InChI=1S/C16H14F2N2O5/c1-24-8-12(21)20-15(16(22)23)13-10(17)4-5-11(14(13)18)25-9-3-2-6-19-7-9/h2-7,15H,8H2,1H3,(H,20,21)(H,22,23). The number of carbonyl (C=O) groups is 2. The van der Waals surface area contributed by atoms with Crippen molar-refractivity contribution in [2.24, 2.45) is 0 Å². The quantitative estimate of drug-likeness (QED) is 0.791. The third kappa shape index (κ3) is 4.48. The van der Waals surface area contributed by atoms with Gasteiger partial charge in [-0.25, -0.2) is 13.6 Å². The zero-order valence-corrected chi connectivity index (χ0v) is 13.0. The van der Waals surface area contributed by atoms with Crippen LogP contribution in [0.2, 0.25) is 0 Å². The van der Waals surface area contributed by atoms with Gasteiger partial charge in [0.1, 0.15) is 18.2 Å². The van der Waals surface area contributed by atoms with Gasteiger partial charge in [-0.1, -0.05) is 0 Å². The monoisotopic (exact) mass is 352 g/mol. The lowest BCUT2D eigenvalue weighted by Crippen LogP contribution is -2.37. The number of methoxy groups -OCH3 is 1. The first kappa shape index (κ1) is 18.3.